The monoisotopic (exact) mass is 397 g/mol. The summed E-state index contributed by atoms with van der Waals surface area (Å²) in [6.07, 6.45) is 2.92. The molecular formula is C22H27N3O4. The molecule has 0 atom stereocenters. The van der Waals surface area contributed by atoms with Gasteiger partial charge in [-0.3, -0.25) is 0 Å². The molecule has 0 aliphatic carbocycles. The van der Waals surface area contributed by atoms with Crippen molar-refractivity contribution < 1.29 is 19.0 Å². The van der Waals surface area contributed by atoms with E-state index in [0.717, 1.165) is 18.5 Å². The molecule has 2 N–H and O–H groups in total. The number of aryl methyl sites for hydroxylation is 1. The van der Waals surface area contributed by atoms with Crippen molar-refractivity contribution >= 4 is 16.9 Å². The lowest BCUT2D eigenvalue weighted by Gasteiger charge is -2.14. The van der Waals surface area contributed by atoms with Gasteiger partial charge in [0.2, 0.25) is 5.75 Å². The van der Waals surface area contributed by atoms with Crippen molar-refractivity contribution in [3.63, 3.8) is 0 Å². The average Bonchev–Trinajstić information content (AvgIpc) is 3.17. The van der Waals surface area contributed by atoms with Crippen molar-refractivity contribution in [1.29, 1.82) is 0 Å². The summed E-state index contributed by atoms with van der Waals surface area (Å²) in [4.78, 5) is 12.1. The number of methoxy groups -OCH3 is 3. The fraction of sp³-hybridized carbons (Fsp3) is 0.318. The number of aromatic nitrogens is 1. The van der Waals surface area contributed by atoms with Crippen LogP contribution in [0.4, 0.5) is 4.79 Å². The maximum atomic E-state index is 12.1. The second-order valence-corrected chi connectivity index (χ2v) is 6.56. The van der Waals surface area contributed by atoms with Crippen LogP contribution in [0.25, 0.3) is 10.9 Å². The first-order valence-electron chi connectivity index (χ1n) is 9.50. The molecule has 0 radical (unpaired) electrons. The van der Waals surface area contributed by atoms with E-state index >= 15 is 0 Å². The lowest BCUT2D eigenvalue weighted by molar-refractivity contribution is 0.240. The number of nitrogens with zero attached hydrogens (tertiary/aromatic N) is 1. The van der Waals surface area contributed by atoms with Gasteiger partial charge in [-0.25, -0.2) is 4.79 Å². The highest BCUT2D eigenvalue weighted by Crippen LogP contribution is 2.38. The lowest BCUT2D eigenvalue weighted by atomic mass is 10.2. The van der Waals surface area contributed by atoms with Gasteiger partial charge in [-0.05, 0) is 41.6 Å². The standard InChI is InChI=1S/C22H27N3O4/c1-27-19-13-16(14-20(28-2)21(19)29-3)15-24-22(26)23-10-6-11-25-12-9-17-7-4-5-8-18(17)25/h4-5,7-9,12-14H,6,10-11,15H2,1-3H3,(H2,23,24,26). The second kappa shape index (κ2) is 9.73. The van der Waals surface area contributed by atoms with Crippen molar-refractivity contribution in [2.75, 3.05) is 27.9 Å². The molecular weight excluding hydrogens is 370 g/mol. The van der Waals surface area contributed by atoms with Crippen LogP contribution in [0.15, 0.2) is 48.7 Å². The molecule has 3 rings (SSSR count). The molecule has 154 valence electrons. The first-order chi connectivity index (χ1) is 14.2. The zero-order valence-electron chi connectivity index (χ0n) is 17.0. The Kier molecular flexibility index (Phi) is 6.84. The van der Waals surface area contributed by atoms with Crippen molar-refractivity contribution in [2.24, 2.45) is 0 Å². The third-order valence-electron chi connectivity index (χ3n) is 4.72. The van der Waals surface area contributed by atoms with Crippen LogP contribution in [-0.2, 0) is 13.1 Å². The molecule has 2 aromatic carbocycles. The van der Waals surface area contributed by atoms with Crippen LogP contribution in [0, 0.1) is 0 Å². The number of carbonyl (C=O) groups is 1. The molecule has 29 heavy (non-hydrogen) atoms. The SMILES string of the molecule is COc1cc(CNC(=O)NCCCn2ccc3ccccc32)cc(OC)c1OC. The Hall–Kier alpha value is -3.35. The molecule has 0 saturated heterocycles. The van der Waals surface area contributed by atoms with E-state index in [0.29, 0.717) is 30.3 Å². The number of hydrogen-bond donors (Lipinski definition) is 2. The van der Waals surface area contributed by atoms with E-state index in [1.165, 1.54) is 10.9 Å². The summed E-state index contributed by atoms with van der Waals surface area (Å²) < 4.78 is 18.2. The maximum absolute atomic E-state index is 12.1. The van der Waals surface area contributed by atoms with Crippen LogP contribution < -0.4 is 24.8 Å². The van der Waals surface area contributed by atoms with Crippen LogP contribution in [0.1, 0.15) is 12.0 Å². The van der Waals surface area contributed by atoms with Gasteiger partial charge in [0.1, 0.15) is 0 Å². The molecule has 3 aromatic rings. The van der Waals surface area contributed by atoms with Crippen LogP contribution in [0.5, 0.6) is 17.2 Å². The van der Waals surface area contributed by atoms with Crippen molar-refractivity contribution in [3.8, 4) is 17.2 Å². The smallest absolute Gasteiger partial charge is 0.315 e. The molecule has 0 saturated carbocycles. The summed E-state index contributed by atoms with van der Waals surface area (Å²) in [6, 6.07) is 13.8. The molecule has 0 unspecified atom stereocenters. The van der Waals surface area contributed by atoms with E-state index < -0.39 is 0 Å². The molecule has 0 bridgehead atoms. The second-order valence-electron chi connectivity index (χ2n) is 6.56. The predicted octanol–water partition coefficient (Wildman–Crippen LogP) is 3.56. The minimum Gasteiger partial charge on any atom is -0.493 e. The molecule has 1 aromatic heterocycles. The number of hydrogen-bond acceptors (Lipinski definition) is 4. The molecule has 0 aliphatic heterocycles. The number of carbonyl (C=O) groups excluding carboxylic acids is 1. The Morgan fingerprint density at radius 3 is 2.38 bits per heavy atom. The number of nitrogens with one attached hydrogen (secondary N) is 2. The Bertz CT molecular complexity index is 943. The van der Waals surface area contributed by atoms with Gasteiger partial charge in [0.05, 0.1) is 21.3 Å². The Morgan fingerprint density at radius 2 is 1.69 bits per heavy atom. The molecule has 0 spiro atoms. The summed E-state index contributed by atoms with van der Waals surface area (Å²) in [5, 5.41) is 6.97. The van der Waals surface area contributed by atoms with E-state index in [9.17, 15) is 4.79 Å². The van der Waals surface area contributed by atoms with Crippen molar-refractivity contribution in [3.05, 3.63) is 54.2 Å². The number of rotatable bonds is 9. The van der Waals surface area contributed by atoms with Gasteiger partial charge < -0.3 is 29.4 Å². The Balaban J connectivity index is 1.46. The topological polar surface area (TPSA) is 73.8 Å². The predicted molar refractivity (Wildman–Crippen MR) is 113 cm³/mol. The normalized spacial score (nSPS) is 10.6. The first kappa shape index (κ1) is 20.4. The Morgan fingerprint density at radius 1 is 0.966 bits per heavy atom. The van der Waals surface area contributed by atoms with Gasteiger partial charge in [0.25, 0.3) is 0 Å². The zero-order chi connectivity index (χ0) is 20.6. The number of para-hydroxylation sites is 1. The van der Waals surface area contributed by atoms with Gasteiger partial charge in [0, 0.05) is 31.3 Å². The van der Waals surface area contributed by atoms with E-state index in [1.807, 2.05) is 24.3 Å². The quantitative estimate of drug-likeness (QED) is 0.542. The van der Waals surface area contributed by atoms with Gasteiger partial charge in [-0.2, -0.15) is 0 Å². The van der Waals surface area contributed by atoms with Crippen LogP contribution in [-0.4, -0.2) is 38.5 Å². The first-order valence-corrected chi connectivity index (χ1v) is 9.50. The van der Waals surface area contributed by atoms with Gasteiger partial charge >= 0.3 is 6.03 Å². The fourth-order valence-electron chi connectivity index (χ4n) is 3.27. The van der Waals surface area contributed by atoms with Crippen LogP contribution >= 0.6 is 0 Å². The fourth-order valence-corrected chi connectivity index (χ4v) is 3.27. The summed E-state index contributed by atoms with van der Waals surface area (Å²) in [5.41, 5.74) is 2.06. The molecule has 1 heterocycles. The molecule has 7 nitrogen and oxygen atoms in total. The summed E-state index contributed by atoms with van der Waals surface area (Å²) in [6.45, 7) is 1.79. The van der Waals surface area contributed by atoms with E-state index in [4.69, 9.17) is 14.2 Å². The van der Waals surface area contributed by atoms with Gasteiger partial charge in [-0.1, -0.05) is 18.2 Å². The highest BCUT2D eigenvalue weighted by Gasteiger charge is 2.13. The number of amides is 2. The summed E-state index contributed by atoms with van der Waals surface area (Å²) in [7, 11) is 4.69. The van der Waals surface area contributed by atoms with E-state index in [2.05, 4.69) is 39.6 Å². The summed E-state index contributed by atoms with van der Waals surface area (Å²) in [5.74, 6) is 1.65. The maximum Gasteiger partial charge on any atom is 0.315 e. The number of fused-ring (bicyclic) bond motifs is 1. The molecule has 0 fully saturated rings. The number of ether oxygens (including phenoxy) is 3. The minimum absolute atomic E-state index is 0.212. The highest BCUT2D eigenvalue weighted by atomic mass is 16.5. The third kappa shape index (κ3) is 4.93. The third-order valence-corrected chi connectivity index (χ3v) is 4.72. The van der Waals surface area contributed by atoms with Crippen molar-refractivity contribution in [2.45, 2.75) is 19.5 Å². The summed E-state index contributed by atoms with van der Waals surface area (Å²) >= 11 is 0. The minimum atomic E-state index is -0.212. The lowest BCUT2D eigenvalue weighted by Crippen LogP contribution is -2.35. The highest BCUT2D eigenvalue weighted by molar-refractivity contribution is 5.79. The number of benzene rings is 2. The van der Waals surface area contributed by atoms with Crippen LogP contribution in [0.2, 0.25) is 0 Å². The number of urea groups is 1. The Labute approximate surface area is 170 Å². The van der Waals surface area contributed by atoms with E-state index in [1.54, 1.807) is 21.3 Å². The van der Waals surface area contributed by atoms with Gasteiger partial charge in [0.15, 0.2) is 11.5 Å². The zero-order valence-corrected chi connectivity index (χ0v) is 17.0. The molecule has 0 aliphatic rings. The molecule has 7 heteroatoms. The van der Waals surface area contributed by atoms with Crippen molar-refractivity contribution in [1.82, 2.24) is 15.2 Å². The van der Waals surface area contributed by atoms with E-state index in [-0.39, 0.29) is 6.03 Å². The molecule has 2 amide bonds. The largest absolute Gasteiger partial charge is 0.493 e. The van der Waals surface area contributed by atoms with Gasteiger partial charge in [-0.15, -0.1) is 0 Å². The van der Waals surface area contributed by atoms with Crippen LogP contribution in [0.3, 0.4) is 0 Å². The average molecular weight is 397 g/mol.